The van der Waals surface area contributed by atoms with Crippen LogP contribution in [-0.4, -0.2) is 66.2 Å². The van der Waals surface area contributed by atoms with Crippen LogP contribution in [0.4, 0.5) is 5.82 Å². The molecule has 1 fully saturated rings. The first-order valence-corrected chi connectivity index (χ1v) is 16.0. The molecule has 0 spiro atoms. The number of aliphatic hydroxyl groups is 2. The van der Waals surface area contributed by atoms with Gasteiger partial charge in [-0.3, -0.25) is 13.9 Å². The van der Waals surface area contributed by atoms with Crippen molar-refractivity contribution in [2.24, 2.45) is 0 Å². The van der Waals surface area contributed by atoms with Crippen molar-refractivity contribution in [3.05, 3.63) is 91.0 Å². The lowest BCUT2D eigenvalue weighted by molar-refractivity contribution is -0.146. The van der Waals surface area contributed by atoms with Crippen LogP contribution in [0.1, 0.15) is 25.6 Å². The lowest BCUT2D eigenvalue weighted by Crippen LogP contribution is -2.44. The second-order valence-electron chi connectivity index (χ2n) is 11.1. The fourth-order valence-electron chi connectivity index (χ4n) is 5.23. The number of hydrogen-bond acceptors (Lipinski definition) is 12. The maximum atomic E-state index is 14.4. The SMILES string of the molecule is C[C@H](NP(=O)(OC[C@H]1O[C@@H](n2cnc3c(N)ncnc32)C(C)(O)[C@H]1O)Oc1cccc2ccccc12)C(=O)OCc1ccccc1. The Kier molecular flexibility index (Phi) is 8.75. The number of nitrogens with zero attached hydrogens (tertiary/aromatic N) is 4. The lowest BCUT2D eigenvalue weighted by atomic mass is 9.96. The number of carbonyl (C=O) groups excluding carboxylic acids is 1. The summed E-state index contributed by atoms with van der Waals surface area (Å²) in [5, 5.41) is 26.6. The van der Waals surface area contributed by atoms with Gasteiger partial charge in [-0.05, 0) is 30.9 Å². The van der Waals surface area contributed by atoms with Crippen LogP contribution in [0.5, 0.6) is 5.75 Å². The summed E-state index contributed by atoms with van der Waals surface area (Å²) in [4.78, 5) is 25.2. The Labute approximate surface area is 263 Å². The van der Waals surface area contributed by atoms with Crippen molar-refractivity contribution in [1.82, 2.24) is 24.6 Å². The number of nitrogens with two attached hydrogens (primary N) is 1. The van der Waals surface area contributed by atoms with Crippen LogP contribution in [0.2, 0.25) is 0 Å². The number of nitrogens with one attached hydrogen (secondary N) is 1. The van der Waals surface area contributed by atoms with Gasteiger partial charge in [-0.15, -0.1) is 0 Å². The molecule has 1 aliphatic rings. The van der Waals surface area contributed by atoms with Crippen molar-refractivity contribution >= 4 is 41.5 Å². The van der Waals surface area contributed by atoms with Crippen LogP contribution < -0.4 is 15.3 Å². The number of rotatable bonds is 11. The fraction of sp³-hybridized carbons (Fsp3) is 0.290. The molecule has 15 heteroatoms. The fourth-order valence-corrected chi connectivity index (χ4v) is 6.75. The minimum absolute atomic E-state index is 0.0130. The van der Waals surface area contributed by atoms with Crippen LogP contribution in [0.15, 0.2) is 85.5 Å². The summed E-state index contributed by atoms with van der Waals surface area (Å²) in [5.74, 6) is -0.322. The molecule has 0 aliphatic carbocycles. The topological polar surface area (TPSA) is 193 Å². The number of nitrogen functional groups attached to an aromatic ring is 1. The minimum atomic E-state index is -4.38. The Balaban J connectivity index is 1.23. The minimum Gasteiger partial charge on any atom is -0.460 e. The summed E-state index contributed by atoms with van der Waals surface area (Å²) < 4.78 is 39.1. The molecular formula is C31H33N6O8P. The highest BCUT2D eigenvalue weighted by molar-refractivity contribution is 7.52. The molecule has 6 rings (SSSR count). The summed E-state index contributed by atoms with van der Waals surface area (Å²) in [6.45, 7) is 2.36. The molecule has 3 aromatic carbocycles. The van der Waals surface area contributed by atoms with Gasteiger partial charge < -0.3 is 29.9 Å². The Bertz CT molecular complexity index is 1900. The second-order valence-corrected chi connectivity index (χ2v) is 12.8. The number of hydrogen-bond donors (Lipinski definition) is 4. The Morgan fingerprint density at radius 1 is 1.11 bits per heavy atom. The zero-order valence-electron chi connectivity index (χ0n) is 25.0. The standard InChI is InChI=1S/C31H33N6O8P/c1-19(29(39)42-15-20-9-4-3-5-10-20)36-46(41,45-23-14-8-12-21-11-6-7-13-22(21)23)43-16-24-26(38)31(2,40)30(44-24)37-18-35-25-27(32)33-17-34-28(25)37/h3-14,17-19,24,26,30,38,40H,15-16H2,1-2H3,(H,36,41)(H2,32,33,34)/t19-,24+,26-,30+,31?,46?/m0/s1. The Morgan fingerprint density at radius 3 is 2.65 bits per heavy atom. The van der Waals surface area contributed by atoms with E-state index in [4.69, 9.17) is 24.3 Å². The highest BCUT2D eigenvalue weighted by atomic mass is 31.2. The highest BCUT2D eigenvalue weighted by Crippen LogP contribution is 2.48. The van der Waals surface area contributed by atoms with Crippen LogP contribution in [0, 0.1) is 0 Å². The lowest BCUT2D eigenvalue weighted by Gasteiger charge is -2.27. The van der Waals surface area contributed by atoms with Crippen molar-refractivity contribution in [2.45, 2.75) is 50.5 Å². The van der Waals surface area contributed by atoms with E-state index in [-0.39, 0.29) is 23.8 Å². The molecule has 5 N–H and O–H groups in total. The third-order valence-electron chi connectivity index (χ3n) is 7.70. The van der Waals surface area contributed by atoms with Crippen LogP contribution in [0.25, 0.3) is 21.9 Å². The molecule has 0 bridgehead atoms. The number of ether oxygens (including phenoxy) is 2. The molecule has 1 aliphatic heterocycles. The molecule has 240 valence electrons. The van der Waals surface area contributed by atoms with Crippen molar-refractivity contribution in [3.8, 4) is 5.75 Å². The van der Waals surface area contributed by atoms with Gasteiger partial charge in [0.1, 0.15) is 48.1 Å². The number of imidazole rings is 1. The van der Waals surface area contributed by atoms with Gasteiger partial charge in [-0.2, -0.15) is 5.09 Å². The van der Waals surface area contributed by atoms with Crippen molar-refractivity contribution < 1.29 is 38.1 Å². The first kappa shape index (κ1) is 31.5. The molecule has 46 heavy (non-hydrogen) atoms. The van der Waals surface area contributed by atoms with Gasteiger partial charge >= 0.3 is 13.7 Å². The molecule has 5 aromatic rings. The zero-order valence-corrected chi connectivity index (χ0v) is 25.9. The number of esters is 1. The van der Waals surface area contributed by atoms with Gasteiger partial charge in [0, 0.05) is 5.39 Å². The summed E-state index contributed by atoms with van der Waals surface area (Å²) in [6.07, 6.45) is -1.26. The van der Waals surface area contributed by atoms with Crippen LogP contribution >= 0.6 is 7.75 Å². The molecule has 2 aromatic heterocycles. The smallest absolute Gasteiger partial charge is 0.459 e. The average molecular weight is 649 g/mol. The van der Waals surface area contributed by atoms with Gasteiger partial charge in [-0.25, -0.2) is 19.5 Å². The number of aromatic nitrogens is 4. The van der Waals surface area contributed by atoms with E-state index in [2.05, 4.69) is 20.0 Å². The van der Waals surface area contributed by atoms with E-state index in [9.17, 15) is 19.6 Å². The molecule has 0 amide bonds. The van der Waals surface area contributed by atoms with E-state index in [1.54, 1.807) is 24.3 Å². The van der Waals surface area contributed by atoms with Gasteiger partial charge in [-0.1, -0.05) is 66.7 Å². The molecule has 14 nitrogen and oxygen atoms in total. The molecule has 1 saturated heterocycles. The first-order valence-electron chi connectivity index (χ1n) is 14.4. The number of carbonyl (C=O) groups is 1. The Hall–Kier alpha value is -4.43. The first-order chi connectivity index (χ1) is 22.1. The average Bonchev–Trinajstić information content (AvgIpc) is 3.57. The number of fused-ring (bicyclic) bond motifs is 2. The third-order valence-corrected chi connectivity index (χ3v) is 9.33. The van der Waals surface area contributed by atoms with Crippen molar-refractivity contribution in [2.75, 3.05) is 12.3 Å². The van der Waals surface area contributed by atoms with Crippen molar-refractivity contribution in [1.29, 1.82) is 0 Å². The number of anilines is 1. The van der Waals surface area contributed by atoms with Gasteiger partial charge in [0.2, 0.25) is 0 Å². The van der Waals surface area contributed by atoms with E-state index in [1.165, 1.54) is 31.1 Å². The normalized spacial score (nSPS) is 23.3. The summed E-state index contributed by atoms with van der Waals surface area (Å²) in [7, 11) is -4.38. The monoisotopic (exact) mass is 648 g/mol. The third kappa shape index (κ3) is 6.31. The predicted molar refractivity (Wildman–Crippen MR) is 167 cm³/mol. The number of aliphatic hydroxyl groups excluding tert-OH is 1. The maximum absolute atomic E-state index is 14.4. The molecule has 3 heterocycles. The van der Waals surface area contributed by atoms with Crippen LogP contribution in [0.3, 0.4) is 0 Å². The summed E-state index contributed by atoms with van der Waals surface area (Å²) in [5.41, 5.74) is 5.40. The van der Waals surface area contributed by atoms with E-state index in [0.29, 0.717) is 10.9 Å². The van der Waals surface area contributed by atoms with E-state index >= 15 is 0 Å². The van der Waals surface area contributed by atoms with Gasteiger partial charge in [0.25, 0.3) is 0 Å². The highest BCUT2D eigenvalue weighted by Gasteiger charge is 2.54. The van der Waals surface area contributed by atoms with Gasteiger partial charge in [0.05, 0.1) is 12.9 Å². The maximum Gasteiger partial charge on any atom is 0.459 e. The predicted octanol–water partition coefficient (Wildman–Crippen LogP) is 3.50. The summed E-state index contributed by atoms with van der Waals surface area (Å²) in [6, 6.07) is 20.5. The van der Waals surface area contributed by atoms with Crippen LogP contribution in [-0.2, 0) is 30.0 Å². The zero-order chi connectivity index (χ0) is 32.5. The molecule has 6 atom stereocenters. The largest absolute Gasteiger partial charge is 0.460 e. The molecule has 0 radical (unpaired) electrons. The quantitative estimate of drug-likeness (QED) is 0.120. The molecular weight excluding hydrogens is 615 g/mol. The van der Waals surface area contributed by atoms with Gasteiger partial charge in [0.15, 0.2) is 17.7 Å². The van der Waals surface area contributed by atoms with E-state index in [0.717, 1.165) is 10.9 Å². The number of benzene rings is 3. The van der Waals surface area contributed by atoms with E-state index in [1.807, 2.05) is 48.5 Å². The summed E-state index contributed by atoms with van der Waals surface area (Å²) >= 11 is 0. The molecule has 0 saturated carbocycles. The van der Waals surface area contributed by atoms with E-state index < -0.39 is 50.4 Å². The van der Waals surface area contributed by atoms with Crippen molar-refractivity contribution in [3.63, 3.8) is 0 Å². The second kappa shape index (κ2) is 12.8. The molecule has 2 unspecified atom stereocenters. The Morgan fingerprint density at radius 2 is 1.85 bits per heavy atom.